The van der Waals surface area contributed by atoms with Crippen LogP contribution in [0.4, 0.5) is 8.78 Å². The Kier molecular flexibility index (Phi) is 3.34. The van der Waals surface area contributed by atoms with Crippen molar-refractivity contribution in [3.63, 3.8) is 0 Å². The minimum absolute atomic E-state index is 0.0139. The molecule has 1 aliphatic rings. The van der Waals surface area contributed by atoms with Crippen molar-refractivity contribution in [2.24, 2.45) is 5.92 Å². The average molecular weight is 256 g/mol. The fourth-order valence-electron chi connectivity index (χ4n) is 2.54. The number of aliphatic hydroxyl groups is 1. The van der Waals surface area contributed by atoms with Crippen LogP contribution in [0.3, 0.4) is 0 Å². The maximum Gasteiger partial charge on any atom is 0.340 e. The third kappa shape index (κ3) is 1.88. The Balaban J connectivity index is 2.43. The lowest BCUT2D eigenvalue weighted by Gasteiger charge is -2.31. The lowest BCUT2D eigenvalue weighted by molar-refractivity contribution is -0.169. The number of carbonyl (C=O) groups is 1. The molecule has 0 aliphatic heterocycles. The standard InChI is InChI=1S/C13H14F2O3/c14-10-7-6-9(11(10)15)13(18,12(16)17)8-4-2-1-3-5-8/h1-5,9-11,18H,6-7H2,(H,16,17)/t9-,10?,11?,13-/m0/s1. The Labute approximate surface area is 103 Å². The first-order chi connectivity index (χ1) is 8.48. The summed E-state index contributed by atoms with van der Waals surface area (Å²) in [5.74, 6) is -2.80. The van der Waals surface area contributed by atoms with Gasteiger partial charge in [0.25, 0.3) is 0 Å². The fourth-order valence-corrected chi connectivity index (χ4v) is 2.54. The van der Waals surface area contributed by atoms with E-state index in [1.165, 1.54) is 12.1 Å². The number of carboxylic acids is 1. The highest BCUT2D eigenvalue weighted by molar-refractivity contribution is 5.79. The molecule has 18 heavy (non-hydrogen) atoms. The molecule has 0 heterocycles. The third-order valence-corrected chi connectivity index (χ3v) is 3.56. The Morgan fingerprint density at radius 1 is 1.22 bits per heavy atom. The summed E-state index contributed by atoms with van der Waals surface area (Å²) in [4.78, 5) is 11.3. The van der Waals surface area contributed by atoms with Gasteiger partial charge < -0.3 is 10.2 Å². The first-order valence-electron chi connectivity index (χ1n) is 5.77. The summed E-state index contributed by atoms with van der Waals surface area (Å²) < 4.78 is 26.9. The molecule has 0 saturated heterocycles. The van der Waals surface area contributed by atoms with Crippen molar-refractivity contribution in [1.82, 2.24) is 0 Å². The van der Waals surface area contributed by atoms with Crippen molar-refractivity contribution in [2.45, 2.75) is 30.8 Å². The van der Waals surface area contributed by atoms with E-state index >= 15 is 0 Å². The molecule has 1 fully saturated rings. The molecule has 0 aromatic heterocycles. The predicted molar refractivity (Wildman–Crippen MR) is 60.5 cm³/mol. The molecule has 3 nitrogen and oxygen atoms in total. The summed E-state index contributed by atoms with van der Waals surface area (Å²) in [6, 6.07) is 7.58. The molecule has 4 atom stereocenters. The molecule has 0 spiro atoms. The highest BCUT2D eigenvalue weighted by Crippen LogP contribution is 2.43. The first-order valence-corrected chi connectivity index (χ1v) is 5.77. The van der Waals surface area contributed by atoms with Gasteiger partial charge in [-0.25, -0.2) is 13.6 Å². The zero-order valence-corrected chi connectivity index (χ0v) is 9.59. The second-order valence-corrected chi connectivity index (χ2v) is 4.58. The highest BCUT2D eigenvalue weighted by atomic mass is 19.2. The summed E-state index contributed by atoms with van der Waals surface area (Å²) in [5, 5.41) is 19.6. The summed E-state index contributed by atoms with van der Waals surface area (Å²) in [7, 11) is 0. The molecule has 1 aromatic rings. The van der Waals surface area contributed by atoms with Gasteiger partial charge in [-0.2, -0.15) is 0 Å². The number of hydrogen-bond acceptors (Lipinski definition) is 2. The van der Waals surface area contributed by atoms with E-state index in [0.29, 0.717) is 0 Å². The van der Waals surface area contributed by atoms with Gasteiger partial charge in [-0.3, -0.25) is 0 Å². The summed E-state index contributed by atoms with van der Waals surface area (Å²) in [5.41, 5.74) is -2.29. The zero-order chi connectivity index (χ0) is 13.3. The number of hydrogen-bond donors (Lipinski definition) is 2. The Morgan fingerprint density at radius 2 is 1.83 bits per heavy atom. The quantitative estimate of drug-likeness (QED) is 0.870. The van der Waals surface area contributed by atoms with Crippen LogP contribution in [0.15, 0.2) is 30.3 Å². The van der Waals surface area contributed by atoms with Crippen molar-refractivity contribution in [2.75, 3.05) is 0 Å². The Morgan fingerprint density at radius 3 is 2.28 bits per heavy atom. The van der Waals surface area contributed by atoms with E-state index in [4.69, 9.17) is 0 Å². The lowest BCUT2D eigenvalue weighted by atomic mass is 9.79. The molecule has 0 bridgehead atoms. The molecule has 2 rings (SSSR count). The number of benzene rings is 1. The number of carboxylic acid groups (broad SMARTS) is 1. The molecule has 1 saturated carbocycles. The van der Waals surface area contributed by atoms with Gasteiger partial charge in [-0.05, 0) is 18.4 Å². The van der Waals surface area contributed by atoms with E-state index in [1.807, 2.05) is 0 Å². The molecule has 0 radical (unpaired) electrons. The maximum atomic E-state index is 13.7. The molecule has 1 aromatic carbocycles. The maximum absolute atomic E-state index is 13.7. The molecular weight excluding hydrogens is 242 g/mol. The van der Waals surface area contributed by atoms with Gasteiger partial charge in [-0.15, -0.1) is 0 Å². The van der Waals surface area contributed by atoms with Gasteiger partial charge in [-0.1, -0.05) is 30.3 Å². The van der Waals surface area contributed by atoms with Crippen molar-refractivity contribution in [3.8, 4) is 0 Å². The van der Waals surface area contributed by atoms with E-state index in [0.717, 1.165) is 0 Å². The summed E-state index contributed by atoms with van der Waals surface area (Å²) in [6.45, 7) is 0. The molecule has 1 aliphatic carbocycles. The second-order valence-electron chi connectivity index (χ2n) is 4.58. The predicted octanol–water partition coefficient (Wildman–Crippen LogP) is 2.04. The van der Waals surface area contributed by atoms with Crippen molar-refractivity contribution >= 4 is 5.97 Å². The number of aliphatic carboxylic acids is 1. The Bertz CT molecular complexity index is 437. The van der Waals surface area contributed by atoms with Crippen LogP contribution < -0.4 is 0 Å². The SMILES string of the molecule is O=C(O)[C@](O)(c1ccccc1)[C@H]1CCC(F)C1F. The number of halogens is 2. The molecule has 0 amide bonds. The average Bonchev–Trinajstić information content (AvgIpc) is 2.70. The Hall–Kier alpha value is -1.49. The minimum atomic E-state index is -2.37. The van der Waals surface area contributed by atoms with E-state index in [-0.39, 0.29) is 18.4 Å². The third-order valence-electron chi connectivity index (χ3n) is 3.56. The van der Waals surface area contributed by atoms with Gasteiger partial charge in [0.2, 0.25) is 0 Å². The van der Waals surface area contributed by atoms with Crippen LogP contribution in [0.1, 0.15) is 18.4 Å². The van der Waals surface area contributed by atoms with Crippen LogP contribution in [0.25, 0.3) is 0 Å². The van der Waals surface area contributed by atoms with Gasteiger partial charge in [0.15, 0.2) is 5.60 Å². The molecule has 2 N–H and O–H groups in total. The smallest absolute Gasteiger partial charge is 0.340 e. The van der Waals surface area contributed by atoms with Crippen LogP contribution >= 0.6 is 0 Å². The summed E-state index contributed by atoms with van der Waals surface area (Å²) in [6.07, 6.45) is -3.70. The lowest BCUT2D eigenvalue weighted by Crippen LogP contribution is -2.46. The normalized spacial score (nSPS) is 30.9. The topological polar surface area (TPSA) is 57.5 Å². The van der Waals surface area contributed by atoms with Crippen LogP contribution in [0.5, 0.6) is 0 Å². The molecular formula is C13H14F2O3. The van der Waals surface area contributed by atoms with Gasteiger partial charge >= 0.3 is 5.97 Å². The highest BCUT2D eigenvalue weighted by Gasteiger charge is 2.54. The fraction of sp³-hybridized carbons (Fsp3) is 0.462. The van der Waals surface area contributed by atoms with Crippen LogP contribution in [0.2, 0.25) is 0 Å². The largest absolute Gasteiger partial charge is 0.479 e. The van der Waals surface area contributed by atoms with Crippen molar-refractivity contribution in [1.29, 1.82) is 0 Å². The van der Waals surface area contributed by atoms with Gasteiger partial charge in [0.05, 0.1) is 0 Å². The second kappa shape index (κ2) is 4.65. The van der Waals surface area contributed by atoms with Crippen LogP contribution in [-0.2, 0) is 10.4 Å². The van der Waals surface area contributed by atoms with E-state index in [9.17, 15) is 23.8 Å². The first kappa shape index (κ1) is 13.0. The molecule has 2 unspecified atom stereocenters. The number of rotatable bonds is 3. The van der Waals surface area contributed by atoms with E-state index in [2.05, 4.69) is 0 Å². The zero-order valence-electron chi connectivity index (χ0n) is 9.59. The molecule has 5 heteroatoms. The number of alkyl halides is 2. The van der Waals surface area contributed by atoms with E-state index in [1.54, 1.807) is 18.2 Å². The minimum Gasteiger partial charge on any atom is -0.479 e. The van der Waals surface area contributed by atoms with Crippen molar-refractivity contribution in [3.05, 3.63) is 35.9 Å². The van der Waals surface area contributed by atoms with E-state index < -0.39 is 29.8 Å². The van der Waals surface area contributed by atoms with Crippen molar-refractivity contribution < 1.29 is 23.8 Å². The molecule has 98 valence electrons. The van der Waals surface area contributed by atoms with Gasteiger partial charge in [0, 0.05) is 5.92 Å². The van der Waals surface area contributed by atoms with Crippen LogP contribution in [0, 0.1) is 5.92 Å². The summed E-state index contributed by atoms with van der Waals surface area (Å²) >= 11 is 0. The monoisotopic (exact) mass is 256 g/mol. The van der Waals surface area contributed by atoms with Crippen LogP contribution in [-0.4, -0.2) is 28.5 Å². The van der Waals surface area contributed by atoms with Gasteiger partial charge in [0.1, 0.15) is 12.3 Å².